The van der Waals surface area contributed by atoms with Crippen LogP contribution in [0.25, 0.3) is 27.4 Å². The van der Waals surface area contributed by atoms with Crippen LogP contribution in [0.1, 0.15) is 21.1 Å². The van der Waals surface area contributed by atoms with Gasteiger partial charge in [0.1, 0.15) is 35.1 Å². The number of hydrogen-bond acceptors (Lipinski definition) is 10. The Hall–Kier alpha value is -4.63. The van der Waals surface area contributed by atoms with E-state index >= 15 is 0 Å². The average molecular weight is 602 g/mol. The molecule has 0 aliphatic heterocycles. The number of alkyl halides is 3. The number of fused-ring (bicyclic) bond motifs is 2. The van der Waals surface area contributed by atoms with E-state index in [4.69, 9.17) is 18.6 Å². The second-order valence-corrected chi connectivity index (χ2v) is 10.3. The molecular weight excluding hydrogens is 583 g/mol. The third-order valence-electron chi connectivity index (χ3n) is 5.82. The van der Waals surface area contributed by atoms with Crippen molar-refractivity contribution >= 4 is 50.2 Å². The van der Waals surface area contributed by atoms with Gasteiger partial charge in [-0.2, -0.15) is 13.2 Å². The first-order chi connectivity index (χ1) is 19.7. The molecule has 0 bridgehead atoms. The lowest BCUT2D eigenvalue weighted by atomic mass is 10.2. The summed E-state index contributed by atoms with van der Waals surface area (Å²) in [7, 11) is 3.07. The highest BCUT2D eigenvalue weighted by molar-refractivity contribution is 7.18. The monoisotopic (exact) mass is 601 g/mol. The molecule has 15 heteroatoms. The first kappa shape index (κ1) is 26.6. The van der Waals surface area contributed by atoms with Crippen molar-refractivity contribution in [3.63, 3.8) is 0 Å². The lowest BCUT2D eigenvalue weighted by Gasteiger charge is -2.10. The van der Waals surface area contributed by atoms with Gasteiger partial charge in [0, 0.05) is 23.2 Å². The minimum absolute atomic E-state index is 0.116. The van der Waals surface area contributed by atoms with E-state index in [9.17, 15) is 18.0 Å². The number of rotatable bonds is 8. The lowest BCUT2D eigenvalue weighted by Crippen LogP contribution is -2.13. The molecule has 0 aliphatic rings. The zero-order valence-corrected chi connectivity index (χ0v) is 22.8. The van der Waals surface area contributed by atoms with Gasteiger partial charge in [0.15, 0.2) is 10.8 Å². The van der Waals surface area contributed by atoms with Gasteiger partial charge in [-0.3, -0.25) is 4.79 Å². The molecular formula is C26H18F3N5O5S2. The van der Waals surface area contributed by atoms with Gasteiger partial charge in [0.25, 0.3) is 11.1 Å². The maximum absolute atomic E-state index is 12.8. The predicted molar refractivity (Wildman–Crippen MR) is 145 cm³/mol. The second-order valence-electron chi connectivity index (χ2n) is 8.55. The molecule has 0 fully saturated rings. The van der Waals surface area contributed by atoms with Crippen LogP contribution in [0.3, 0.4) is 0 Å². The minimum atomic E-state index is -4.61. The molecule has 4 aromatic heterocycles. The summed E-state index contributed by atoms with van der Waals surface area (Å²) in [5.41, 5.74) is 1.87. The summed E-state index contributed by atoms with van der Waals surface area (Å²) in [6, 6.07) is 12.0. The summed E-state index contributed by atoms with van der Waals surface area (Å²) in [5, 5.41) is 8.02. The number of carbonyl (C=O) groups excluding carboxylic acids is 1. The van der Waals surface area contributed by atoms with E-state index in [1.807, 2.05) is 6.07 Å². The van der Waals surface area contributed by atoms with Crippen molar-refractivity contribution < 1.29 is 36.6 Å². The van der Waals surface area contributed by atoms with Crippen molar-refractivity contribution in [1.29, 1.82) is 0 Å². The molecule has 0 atom stereocenters. The van der Waals surface area contributed by atoms with E-state index in [-0.39, 0.29) is 12.3 Å². The number of anilines is 1. The number of hydrogen-bond donors (Lipinski definition) is 1. The molecule has 0 saturated carbocycles. The summed E-state index contributed by atoms with van der Waals surface area (Å²) in [6.07, 6.45) is -2.87. The van der Waals surface area contributed by atoms with Gasteiger partial charge in [0.05, 0.1) is 25.8 Å². The largest absolute Gasteiger partial charge is 0.496 e. The van der Waals surface area contributed by atoms with Crippen LogP contribution >= 0.6 is 22.7 Å². The van der Waals surface area contributed by atoms with Crippen molar-refractivity contribution in [1.82, 2.24) is 19.6 Å². The molecule has 0 aliphatic carbocycles. The van der Waals surface area contributed by atoms with Gasteiger partial charge in [0.2, 0.25) is 4.96 Å². The maximum Gasteiger partial charge on any atom is 0.443 e. The number of ether oxygens (including phenoxy) is 3. The Kier molecular flexibility index (Phi) is 6.75. The number of aromatic nitrogens is 4. The highest BCUT2D eigenvalue weighted by atomic mass is 32.1. The molecule has 10 nitrogen and oxygen atoms in total. The number of nitrogens with one attached hydrogen (secondary N) is 1. The Balaban J connectivity index is 1.21. The van der Waals surface area contributed by atoms with Crippen LogP contribution in [-0.2, 0) is 12.8 Å². The third-order valence-corrected chi connectivity index (χ3v) is 7.59. The fourth-order valence-corrected chi connectivity index (χ4v) is 5.30. The Bertz CT molecular complexity index is 1860. The summed E-state index contributed by atoms with van der Waals surface area (Å²) >= 11 is 1.66. The number of methoxy groups -OCH3 is 2. The van der Waals surface area contributed by atoms with Crippen LogP contribution < -0.4 is 19.5 Å². The standard InChI is InChI=1S/C26H18F3N5O5S2/c1-36-15-7-19(16-9-21(39-20(16)8-15)17-10-34-24(32-17)41-25(33-34)37-2)38-11-13-4-3-5-14(6-13)30-22(35)18-12-40-23(31-18)26(27,28)29/h3-10,12H,11H2,1-2H3,(H,30,35). The van der Waals surface area contributed by atoms with Crippen LogP contribution in [0.2, 0.25) is 0 Å². The molecule has 0 unspecified atom stereocenters. The maximum atomic E-state index is 12.8. The van der Waals surface area contributed by atoms with Crippen molar-refractivity contribution in [2.24, 2.45) is 0 Å². The van der Waals surface area contributed by atoms with Crippen LogP contribution in [0.15, 0.2) is 58.5 Å². The normalized spacial score (nSPS) is 11.7. The van der Waals surface area contributed by atoms with Crippen LogP contribution in [0.5, 0.6) is 16.7 Å². The van der Waals surface area contributed by atoms with E-state index in [0.29, 0.717) is 66.7 Å². The number of thiazole rings is 1. The van der Waals surface area contributed by atoms with Gasteiger partial charge in [-0.25, -0.2) is 14.5 Å². The molecule has 0 spiro atoms. The molecule has 6 rings (SSSR count). The number of benzene rings is 2. The zero-order valence-electron chi connectivity index (χ0n) is 21.2. The smallest absolute Gasteiger partial charge is 0.443 e. The van der Waals surface area contributed by atoms with E-state index in [1.54, 1.807) is 47.1 Å². The molecule has 41 heavy (non-hydrogen) atoms. The molecule has 0 saturated heterocycles. The van der Waals surface area contributed by atoms with Crippen LogP contribution in [0.4, 0.5) is 18.9 Å². The Morgan fingerprint density at radius 1 is 1.12 bits per heavy atom. The van der Waals surface area contributed by atoms with Crippen molar-refractivity contribution in [3.8, 4) is 28.1 Å². The van der Waals surface area contributed by atoms with Gasteiger partial charge in [-0.15, -0.1) is 16.4 Å². The Labute approximate surface area is 236 Å². The van der Waals surface area contributed by atoms with Crippen molar-refractivity contribution in [2.75, 3.05) is 19.5 Å². The van der Waals surface area contributed by atoms with E-state index in [1.165, 1.54) is 25.6 Å². The minimum Gasteiger partial charge on any atom is -0.496 e. The number of carbonyl (C=O) groups is 1. The Morgan fingerprint density at radius 3 is 2.71 bits per heavy atom. The fourth-order valence-electron chi connectivity index (χ4n) is 3.93. The number of furan rings is 1. The highest BCUT2D eigenvalue weighted by Crippen LogP contribution is 2.38. The van der Waals surface area contributed by atoms with Crippen molar-refractivity contribution in [3.05, 3.63) is 70.3 Å². The quantitative estimate of drug-likeness (QED) is 0.210. The number of halogens is 3. The summed E-state index contributed by atoms with van der Waals surface area (Å²) in [4.78, 5) is 21.0. The van der Waals surface area contributed by atoms with Gasteiger partial charge in [-0.1, -0.05) is 12.1 Å². The first-order valence-corrected chi connectivity index (χ1v) is 13.5. The van der Waals surface area contributed by atoms with Crippen LogP contribution in [0, 0.1) is 0 Å². The van der Waals surface area contributed by atoms with Gasteiger partial charge >= 0.3 is 6.18 Å². The molecule has 4 heterocycles. The van der Waals surface area contributed by atoms with E-state index < -0.39 is 17.1 Å². The van der Waals surface area contributed by atoms with Crippen LogP contribution in [-0.4, -0.2) is 39.7 Å². The topological polar surface area (TPSA) is 113 Å². The average Bonchev–Trinajstić information content (AvgIpc) is 3.73. The number of amides is 1. The summed E-state index contributed by atoms with van der Waals surface area (Å²) in [6.45, 7) is 0.116. The van der Waals surface area contributed by atoms with Gasteiger partial charge < -0.3 is 23.9 Å². The van der Waals surface area contributed by atoms with E-state index in [2.05, 4.69) is 20.4 Å². The Morgan fingerprint density at radius 2 is 1.98 bits per heavy atom. The fraction of sp³-hybridized carbons (Fsp3) is 0.154. The molecule has 0 radical (unpaired) electrons. The number of nitrogens with zero attached hydrogens (tertiary/aromatic N) is 4. The summed E-state index contributed by atoms with van der Waals surface area (Å²) in [5.74, 6) is 0.776. The predicted octanol–water partition coefficient (Wildman–Crippen LogP) is 6.53. The number of imidazole rings is 1. The van der Waals surface area contributed by atoms with Gasteiger partial charge in [-0.05, 0) is 35.1 Å². The highest BCUT2D eigenvalue weighted by Gasteiger charge is 2.35. The van der Waals surface area contributed by atoms with Crippen molar-refractivity contribution in [2.45, 2.75) is 12.8 Å². The second kappa shape index (κ2) is 10.4. The summed E-state index contributed by atoms with van der Waals surface area (Å²) < 4.78 is 62.9. The van der Waals surface area contributed by atoms with E-state index in [0.717, 1.165) is 5.38 Å². The lowest BCUT2D eigenvalue weighted by molar-refractivity contribution is -0.137. The molecule has 1 amide bonds. The molecule has 210 valence electrons. The molecule has 2 aromatic carbocycles. The first-order valence-electron chi connectivity index (χ1n) is 11.8. The third kappa shape index (κ3) is 5.40. The molecule has 1 N–H and O–H groups in total. The SMILES string of the molecule is COc1cc(OCc2cccc(NC(=O)c3csc(C(F)(F)F)n3)c2)c2cc(-c3cn4nc(OC)sc4n3)oc2c1. The molecule has 6 aromatic rings. The zero-order chi connectivity index (χ0) is 28.7.